The Labute approximate surface area is 149 Å². The van der Waals surface area contributed by atoms with Crippen LogP contribution >= 0.6 is 0 Å². The highest BCUT2D eigenvalue weighted by Gasteiger charge is 2.22. The normalized spacial score (nSPS) is 11.0. The van der Waals surface area contributed by atoms with E-state index in [9.17, 15) is 13.2 Å². The van der Waals surface area contributed by atoms with E-state index < -0.39 is 15.9 Å². The molecule has 2 aromatic carbocycles. The zero-order valence-electron chi connectivity index (χ0n) is 13.7. The lowest BCUT2D eigenvalue weighted by atomic mass is 10.2. The molecule has 0 radical (unpaired) electrons. The summed E-state index contributed by atoms with van der Waals surface area (Å²) in [7, 11) is -2.61. The van der Waals surface area contributed by atoms with Crippen molar-refractivity contribution >= 4 is 27.4 Å². The maximum atomic E-state index is 12.7. The first-order chi connectivity index (χ1) is 12.5. The van der Waals surface area contributed by atoms with Gasteiger partial charge in [0, 0.05) is 17.3 Å². The minimum Gasteiger partial charge on any atom is -0.495 e. The molecule has 134 valence electrons. The zero-order valence-corrected chi connectivity index (χ0v) is 14.5. The van der Waals surface area contributed by atoms with Crippen LogP contribution in [0.1, 0.15) is 10.4 Å². The molecule has 0 aliphatic heterocycles. The van der Waals surface area contributed by atoms with E-state index in [-0.39, 0.29) is 22.0 Å². The molecule has 0 saturated carbocycles. The number of methoxy groups -OCH3 is 1. The summed E-state index contributed by atoms with van der Waals surface area (Å²) < 4.78 is 37.7. The van der Waals surface area contributed by atoms with Gasteiger partial charge in [0.2, 0.25) is 0 Å². The van der Waals surface area contributed by atoms with Gasteiger partial charge < -0.3 is 14.6 Å². The van der Waals surface area contributed by atoms with Gasteiger partial charge in [0.1, 0.15) is 16.9 Å². The topological polar surface area (TPSA) is 111 Å². The molecule has 1 heterocycles. The molecule has 1 aromatic heterocycles. The number of hydrogen-bond donors (Lipinski definition) is 2. The number of hydrogen-bond acceptors (Lipinski definition) is 6. The first-order valence-electron chi connectivity index (χ1n) is 7.47. The number of ether oxygens (including phenoxy) is 1. The molecule has 2 N–H and O–H groups in total. The number of aromatic nitrogens is 1. The summed E-state index contributed by atoms with van der Waals surface area (Å²) in [6.07, 6.45) is 1.31. The molecule has 0 fully saturated rings. The van der Waals surface area contributed by atoms with Crippen LogP contribution in [0.2, 0.25) is 0 Å². The molecule has 3 aromatic rings. The largest absolute Gasteiger partial charge is 0.495 e. The zero-order chi connectivity index (χ0) is 18.6. The standard InChI is InChI=1S/C17H15N3O5S/c1-24-14-8-7-12(17(21)18-16-9-10-25-19-16)11-15(14)26(22,23)20-13-5-3-2-4-6-13/h2-11,20H,1H3,(H,18,19,21). The third kappa shape index (κ3) is 3.83. The Kier molecular flexibility index (Phi) is 4.90. The lowest BCUT2D eigenvalue weighted by Gasteiger charge is -2.13. The summed E-state index contributed by atoms with van der Waals surface area (Å²) in [6.45, 7) is 0. The molecule has 3 rings (SSSR count). The van der Waals surface area contributed by atoms with Gasteiger partial charge in [-0.1, -0.05) is 23.4 Å². The summed E-state index contributed by atoms with van der Waals surface area (Å²) >= 11 is 0. The molecule has 0 bridgehead atoms. The minimum atomic E-state index is -3.96. The number of nitrogens with zero attached hydrogens (tertiary/aromatic N) is 1. The second-order valence-corrected chi connectivity index (χ2v) is 6.83. The maximum Gasteiger partial charge on any atom is 0.265 e. The lowest BCUT2D eigenvalue weighted by Crippen LogP contribution is -2.17. The number of amides is 1. The molecular weight excluding hydrogens is 358 g/mol. The summed E-state index contributed by atoms with van der Waals surface area (Å²) in [4.78, 5) is 12.1. The Morgan fingerprint density at radius 2 is 1.88 bits per heavy atom. The molecule has 0 aliphatic carbocycles. The van der Waals surface area contributed by atoms with Crippen LogP contribution in [0.3, 0.4) is 0 Å². The van der Waals surface area contributed by atoms with Crippen LogP contribution in [0.5, 0.6) is 5.75 Å². The van der Waals surface area contributed by atoms with E-state index in [0.717, 1.165) is 0 Å². The fourth-order valence-corrected chi connectivity index (χ4v) is 3.46. The van der Waals surface area contributed by atoms with Crippen LogP contribution in [-0.2, 0) is 10.0 Å². The second-order valence-electron chi connectivity index (χ2n) is 5.18. The molecule has 0 aliphatic rings. The summed E-state index contributed by atoms with van der Waals surface area (Å²) in [6, 6.07) is 14.0. The number of para-hydroxylation sites is 1. The molecule has 1 amide bonds. The van der Waals surface area contributed by atoms with Gasteiger partial charge in [0.05, 0.1) is 7.11 Å². The van der Waals surface area contributed by atoms with E-state index in [1.807, 2.05) is 0 Å². The fraction of sp³-hybridized carbons (Fsp3) is 0.0588. The fourth-order valence-electron chi connectivity index (χ4n) is 2.21. The Hall–Kier alpha value is -3.33. The Morgan fingerprint density at radius 3 is 2.54 bits per heavy atom. The van der Waals surface area contributed by atoms with Crippen molar-refractivity contribution in [3.8, 4) is 5.75 Å². The van der Waals surface area contributed by atoms with Crippen molar-refractivity contribution in [1.82, 2.24) is 5.16 Å². The SMILES string of the molecule is COc1ccc(C(=O)Nc2ccon2)cc1S(=O)(=O)Nc1ccccc1. The monoisotopic (exact) mass is 373 g/mol. The lowest BCUT2D eigenvalue weighted by molar-refractivity contribution is 0.102. The van der Waals surface area contributed by atoms with Crippen LogP contribution in [0.15, 0.2) is 70.3 Å². The highest BCUT2D eigenvalue weighted by atomic mass is 32.2. The minimum absolute atomic E-state index is 0.117. The van der Waals surface area contributed by atoms with Crippen molar-refractivity contribution in [3.05, 3.63) is 66.4 Å². The van der Waals surface area contributed by atoms with E-state index >= 15 is 0 Å². The van der Waals surface area contributed by atoms with Gasteiger partial charge in [-0.2, -0.15) is 0 Å². The molecule has 0 spiro atoms. The molecule has 26 heavy (non-hydrogen) atoms. The number of nitrogens with one attached hydrogen (secondary N) is 2. The summed E-state index contributed by atoms with van der Waals surface area (Å²) in [5.41, 5.74) is 0.522. The van der Waals surface area contributed by atoms with Gasteiger partial charge in [-0.25, -0.2) is 8.42 Å². The molecule has 9 heteroatoms. The van der Waals surface area contributed by atoms with E-state index in [1.54, 1.807) is 30.3 Å². The quantitative estimate of drug-likeness (QED) is 0.687. The molecule has 0 atom stereocenters. The van der Waals surface area contributed by atoms with E-state index in [1.165, 1.54) is 37.6 Å². The number of carbonyl (C=O) groups excluding carboxylic acids is 1. The molecule has 0 unspecified atom stereocenters. The number of carbonyl (C=O) groups is 1. The predicted molar refractivity (Wildman–Crippen MR) is 94.7 cm³/mol. The van der Waals surface area contributed by atoms with Crippen molar-refractivity contribution in [2.24, 2.45) is 0 Å². The summed E-state index contributed by atoms with van der Waals surface area (Å²) in [5.74, 6) is -0.193. The van der Waals surface area contributed by atoms with Gasteiger partial charge in [0.25, 0.3) is 15.9 Å². The smallest absolute Gasteiger partial charge is 0.265 e. The van der Waals surface area contributed by atoms with Crippen molar-refractivity contribution in [2.75, 3.05) is 17.1 Å². The molecule has 8 nitrogen and oxygen atoms in total. The average molecular weight is 373 g/mol. The van der Waals surface area contributed by atoms with Crippen LogP contribution < -0.4 is 14.8 Å². The number of sulfonamides is 1. The average Bonchev–Trinajstić information content (AvgIpc) is 3.14. The highest BCUT2D eigenvalue weighted by Crippen LogP contribution is 2.27. The third-order valence-corrected chi connectivity index (χ3v) is 4.82. The predicted octanol–water partition coefficient (Wildman–Crippen LogP) is 2.74. The number of anilines is 2. The van der Waals surface area contributed by atoms with Crippen molar-refractivity contribution in [1.29, 1.82) is 0 Å². The first-order valence-corrected chi connectivity index (χ1v) is 8.95. The van der Waals surface area contributed by atoms with E-state index in [0.29, 0.717) is 5.69 Å². The Balaban J connectivity index is 1.93. The van der Waals surface area contributed by atoms with Crippen LogP contribution in [-0.4, -0.2) is 26.6 Å². The first kappa shape index (κ1) is 17.5. The van der Waals surface area contributed by atoms with Gasteiger partial charge in [-0.15, -0.1) is 0 Å². The van der Waals surface area contributed by atoms with Gasteiger partial charge in [-0.05, 0) is 30.3 Å². The van der Waals surface area contributed by atoms with Crippen LogP contribution in [0.25, 0.3) is 0 Å². The number of rotatable bonds is 6. The van der Waals surface area contributed by atoms with Crippen molar-refractivity contribution in [2.45, 2.75) is 4.90 Å². The van der Waals surface area contributed by atoms with Gasteiger partial charge >= 0.3 is 0 Å². The van der Waals surface area contributed by atoms with Crippen LogP contribution in [0.4, 0.5) is 11.5 Å². The van der Waals surface area contributed by atoms with E-state index in [2.05, 4.69) is 19.7 Å². The Morgan fingerprint density at radius 1 is 1.12 bits per heavy atom. The molecule has 0 saturated heterocycles. The van der Waals surface area contributed by atoms with Crippen molar-refractivity contribution in [3.63, 3.8) is 0 Å². The number of benzene rings is 2. The maximum absolute atomic E-state index is 12.7. The summed E-state index contributed by atoms with van der Waals surface area (Å²) in [5, 5.41) is 6.08. The highest BCUT2D eigenvalue weighted by molar-refractivity contribution is 7.92. The van der Waals surface area contributed by atoms with Gasteiger partial charge in [0.15, 0.2) is 5.82 Å². The second kappa shape index (κ2) is 7.28. The van der Waals surface area contributed by atoms with Gasteiger partial charge in [-0.3, -0.25) is 9.52 Å². The third-order valence-electron chi connectivity index (χ3n) is 3.42. The van der Waals surface area contributed by atoms with Crippen molar-refractivity contribution < 1.29 is 22.5 Å². The van der Waals surface area contributed by atoms with E-state index in [4.69, 9.17) is 4.74 Å². The van der Waals surface area contributed by atoms with Crippen LogP contribution in [0, 0.1) is 0 Å². The molecular formula is C17H15N3O5S. The Bertz CT molecular complexity index is 1000.